The lowest BCUT2D eigenvalue weighted by molar-refractivity contribution is -0.160. The Morgan fingerprint density at radius 1 is 1.55 bits per heavy atom. The molecular weight excluding hydrogens is 256 g/mol. The van der Waals surface area contributed by atoms with Gasteiger partial charge in [-0.2, -0.15) is 0 Å². The van der Waals surface area contributed by atoms with Crippen LogP contribution in [-0.2, 0) is 14.3 Å². The van der Waals surface area contributed by atoms with E-state index in [9.17, 15) is 9.90 Å². The summed E-state index contributed by atoms with van der Waals surface area (Å²) in [5, 5.41) is 11.3. The standard InChI is InChI=1S/C16H26O4/c1-6-15(4)16(18)9-12(11(2)13(17)19-5)7-8-14(16,3)10-20-15/h6,11-12,18H,1,7-10H2,2-5H3/t11-,12+,14-,15+,16+/m0/s1. The fraction of sp³-hybridized carbons (Fsp3) is 0.812. The van der Waals surface area contributed by atoms with Crippen LogP contribution in [0.15, 0.2) is 12.7 Å². The third kappa shape index (κ3) is 1.92. The zero-order valence-electron chi connectivity index (χ0n) is 12.9. The number of carbonyl (C=O) groups excluding carboxylic acids is 1. The highest BCUT2D eigenvalue weighted by Gasteiger charge is 2.65. The van der Waals surface area contributed by atoms with Crippen molar-refractivity contribution in [3.8, 4) is 0 Å². The zero-order valence-corrected chi connectivity index (χ0v) is 12.9. The van der Waals surface area contributed by atoms with Crippen LogP contribution in [0.3, 0.4) is 0 Å². The number of rotatable bonds is 3. The number of aliphatic hydroxyl groups is 1. The van der Waals surface area contributed by atoms with E-state index in [-0.39, 0.29) is 23.2 Å². The second-order valence-electron chi connectivity index (χ2n) is 6.84. The molecular formula is C16H26O4. The van der Waals surface area contributed by atoms with Gasteiger partial charge in [-0.15, -0.1) is 6.58 Å². The molecule has 2 fully saturated rings. The van der Waals surface area contributed by atoms with Gasteiger partial charge in [0, 0.05) is 5.41 Å². The first-order chi connectivity index (χ1) is 9.23. The predicted octanol–water partition coefficient (Wildman–Crippen LogP) is 2.31. The van der Waals surface area contributed by atoms with Crippen molar-refractivity contribution in [3.05, 3.63) is 12.7 Å². The van der Waals surface area contributed by atoms with Gasteiger partial charge in [0.1, 0.15) is 11.2 Å². The van der Waals surface area contributed by atoms with E-state index in [0.29, 0.717) is 13.0 Å². The molecule has 2 rings (SSSR count). The molecule has 2 aliphatic rings. The summed E-state index contributed by atoms with van der Waals surface area (Å²) in [7, 11) is 1.41. The van der Waals surface area contributed by atoms with Crippen molar-refractivity contribution in [1.29, 1.82) is 0 Å². The number of methoxy groups -OCH3 is 1. The summed E-state index contributed by atoms with van der Waals surface area (Å²) >= 11 is 0. The Kier molecular flexibility index (Phi) is 3.76. The highest BCUT2D eigenvalue weighted by atomic mass is 16.5. The van der Waals surface area contributed by atoms with E-state index in [4.69, 9.17) is 9.47 Å². The van der Waals surface area contributed by atoms with Crippen LogP contribution in [0.2, 0.25) is 0 Å². The Morgan fingerprint density at radius 2 is 2.20 bits per heavy atom. The molecule has 0 bridgehead atoms. The summed E-state index contributed by atoms with van der Waals surface area (Å²) < 4.78 is 10.7. The Bertz CT molecular complexity index is 421. The lowest BCUT2D eigenvalue weighted by Gasteiger charge is -2.51. The summed E-state index contributed by atoms with van der Waals surface area (Å²) in [6.07, 6.45) is 4.00. The van der Waals surface area contributed by atoms with Crippen molar-refractivity contribution in [2.75, 3.05) is 13.7 Å². The second kappa shape index (κ2) is 4.85. The molecule has 0 aromatic heterocycles. The van der Waals surface area contributed by atoms with Gasteiger partial charge in [-0.05, 0) is 32.1 Å². The topological polar surface area (TPSA) is 55.8 Å². The van der Waals surface area contributed by atoms with E-state index in [0.717, 1.165) is 12.8 Å². The van der Waals surface area contributed by atoms with Crippen LogP contribution >= 0.6 is 0 Å². The summed E-state index contributed by atoms with van der Waals surface area (Å²) in [6, 6.07) is 0. The van der Waals surface area contributed by atoms with E-state index >= 15 is 0 Å². The van der Waals surface area contributed by atoms with Crippen LogP contribution in [0.4, 0.5) is 0 Å². The van der Waals surface area contributed by atoms with Crippen molar-refractivity contribution >= 4 is 5.97 Å². The molecule has 0 radical (unpaired) electrons. The lowest BCUT2D eigenvalue weighted by atomic mass is 9.56. The van der Waals surface area contributed by atoms with Crippen LogP contribution in [0.1, 0.15) is 40.0 Å². The Labute approximate surface area is 121 Å². The van der Waals surface area contributed by atoms with Crippen molar-refractivity contribution in [2.45, 2.75) is 51.2 Å². The maximum absolute atomic E-state index is 11.8. The minimum Gasteiger partial charge on any atom is -0.469 e. The molecule has 0 spiro atoms. The quantitative estimate of drug-likeness (QED) is 0.637. The average molecular weight is 282 g/mol. The molecule has 1 saturated carbocycles. The van der Waals surface area contributed by atoms with Gasteiger partial charge < -0.3 is 14.6 Å². The van der Waals surface area contributed by atoms with Gasteiger partial charge in [0.25, 0.3) is 0 Å². The monoisotopic (exact) mass is 282 g/mol. The molecule has 1 heterocycles. The summed E-state index contributed by atoms with van der Waals surface area (Å²) in [5.41, 5.74) is -2.01. The third-order valence-electron chi connectivity index (χ3n) is 5.80. The van der Waals surface area contributed by atoms with Crippen molar-refractivity contribution in [3.63, 3.8) is 0 Å². The molecule has 0 aromatic carbocycles. The molecule has 1 saturated heterocycles. The van der Waals surface area contributed by atoms with Gasteiger partial charge in [0.05, 0.1) is 19.6 Å². The minimum absolute atomic E-state index is 0.112. The highest BCUT2D eigenvalue weighted by Crippen LogP contribution is 2.58. The molecule has 4 heteroatoms. The minimum atomic E-state index is -0.979. The third-order valence-corrected chi connectivity index (χ3v) is 5.80. The molecule has 4 nitrogen and oxygen atoms in total. The Morgan fingerprint density at radius 3 is 2.75 bits per heavy atom. The number of fused-ring (bicyclic) bond motifs is 1. The summed E-state index contributed by atoms with van der Waals surface area (Å²) in [4.78, 5) is 11.8. The summed E-state index contributed by atoms with van der Waals surface area (Å²) in [5.74, 6) is -0.300. The van der Waals surface area contributed by atoms with Gasteiger partial charge >= 0.3 is 5.97 Å². The fourth-order valence-corrected chi connectivity index (χ4v) is 3.89. The Hall–Kier alpha value is -0.870. The maximum Gasteiger partial charge on any atom is 0.308 e. The van der Waals surface area contributed by atoms with Gasteiger partial charge in [0.15, 0.2) is 0 Å². The van der Waals surface area contributed by atoms with E-state index < -0.39 is 11.2 Å². The van der Waals surface area contributed by atoms with Crippen LogP contribution in [0, 0.1) is 17.3 Å². The van der Waals surface area contributed by atoms with E-state index in [1.54, 1.807) is 6.08 Å². The highest BCUT2D eigenvalue weighted by molar-refractivity contribution is 5.72. The smallest absolute Gasteiger partial charge is 0.308 e. The van der Waals surface area contributed by atoms with Crippen LogP contribution in [0.5, 0.6) is 0 Å². The van der Waals surface area contributed by atoms with Gasteiger partial charge in [-0.3, -0.25) is 4.79 Å². The molecule has 0 unspecified atom stereocenters. The van der Waals surface area contributed by atoms with E-state index in [2.05, 4.69) is 13.5 Å². The molecule has 1 aliphatic heterocycles. The van der Waals surface area contributed by atoms with E-state index in [1.807, 2.05) is 13.8 Å². The molecule has 5 atom stereocenters. The fourth-order valence-electron chi connectivity index (χ4n) is 3.89. The number of carbonyl (C=O) groups is 1. The molecule has 20 heavy (non-hydrogen) atoms. The predicted molar refractivity (Wildman–Crippen MR) is 76.1 cm³/mol. The first kappa shape index (κ1) is 15.5. The number of hydrogen-bond acceptors (Lipinski definition) is 4. The SMILES string of the molecule is C=C[C@@]1(C)OC[C@]2(C)CC[C@@H]([C@H](C)C(=O)OC)C[C@@]21O. The normalized spacial score (nSPS) is 45.5. The molecule has 0 aromatic rings. The van der Waals surface area contributed by atoms with Crippen molar-refractivity contribution in [2.24, 2.45) is 17.3 Å². The molecule has 1 N–H and O–H groups in total. The van der Waals surface area contributed by atoms with Gasteiger partial charge in [-0.25, -0.2) is 0 Å². The first-order valence-corrected chi connectivity index (χ1v) is 7.31. The van der Waals surface area contributed by atoms with Crippen LogP contribution in [0.25, 0.3) is 0 Å². The first-order valence-electron chi connectivity index (χ1n) is 7.31. The van der Waals surface area contributed by atoms with E-state index in [1.165, 1.54) is 7.11 Å². The molecule has 114 valence electrons. The van der Waals surface area contributed by atoms with Gasteiger partial charge in [-0.1, -0.05) is 19.9 Å². The maximum atomic E-state index is 11.8. The van der Waals surface area contributed by atoms with Crippen LogP contribution in [-0.4, -0.2) is 36.0 Å². The zero-order chi connectivity index (χ0) is 15.2. The number of ether oxygens (including phenoxy) is 2. The molecule has 0 amide bonds. The lowest BCUT2D eigenvalue weighted by Crippen LogP contribution is -2.59. The number of esters is 1. The molecule has 1 aliphatic carbocycles. The number of hydrogen-bond donors (Lipinski definition) is 1. The average Bonchev–Trinajstić information content (AvgIpc) is 2.66. The largest absolute Gasteiger partial charge is 0.469 e. The Balaban J connectivity index is 2.28. The van der Waals surface area contributed by atoms with Crippen LogP contribution < -0.4 is 0 Å². The van der Waals surface area contributed by atoms with Crippen molar-refractivity contribution < 1.29 is 19.4 Å². The van der Waals surface area contributed by atoms with Crippen molar-refractivity contribution in [1.82, 2.24) is 0 Å². The second-order valence-corrected chi connectivity index (χ2v) is 6.84. The van der Waals surface area contributed by atoms with Gasteiger partial charge in [0.2, 0.25) is 0 Å². The summed E-state index contributed by atoms with van der Waals surface area (Å²) in [6.45, 7) is 10.2.